The van der Waals surface area contributed by atoms with Crippen molar-refractivity contribution in [3.05, 3.63) is 17.0 Å². The van der Waals surface area contributed by atoms with E-state index in [1.807, 2.05) is 18.7 Å². The molecular weight excluding hydrogens is 140 g/mol. The van der Waals surface area contributed by atoms with Crippen LogP contribution in [0.2, 0.25) is 0 Å². The zero-order valence-corrected chi connectivity index (χ0v) is 7.09. The SMILES string of the molecule is Cc1nn(C)c(C)c1C1CO1. The zero-order chi connectivity index (χ0) is 8.01. The predicted octanol–water partition coefficient (Wildman–Crippen LogP) is 1.11. The first-order chi connectivity index (χ1) is 5.20. The standard InChI is InChI=1S/C8H12N2O/c1-5-8(7-4-11-7)6(2)10(3)9-5/h7H,4H2,1-3H3. The maximum Gasteiger partial charge on any atom is 0.110 e. The second-order valence-electron chi connectivity index (χ2n) is 3.03. The second-order valence-corrected chi connectivity index (χ2v) is 3.03. The molecule has 0 aromatic carbocycles. The van der Waals surface area contributed by atoms with Gasteiger partial charge in [-0.15, -0.1) is 0 Å². The lowest BCUT2D eigenvalue weighted by atomic mass is 10.1. The third kappa shape index (κ3) is 0.959. The summed E-state index contributed by atoms with van der Waals surface area (Å²) in [5.41, 5.74) is 3.62. The number of aryl methyl sites for hydroxylation is 2. The summed E-state index contributed by atoms with van der Waals surface area (Å²) < 4.78 is 7.13. The number of rotatable bonds is 1. The van der Waals surface area contributed by atoms with Gasteiger partial charge in [-0.1, -0.05) is 0 Å². The third-order valence-corrected chi connectivity index (χ3v) is 2.22. The van der Waals surface area contributed by atoms with Crippen molar-refractivity contribution in [2.24, 2.45) is 7.05 Å². The highest BCUT2D eigenvalue weighted by molar-refractivity contribution is 5.29. The van der Waals surface area contributed by atoms with Crippen LogP contribution in [0.25, 0.3) is 0 Å². The van der Waals surface area contributed by atoms with E-state index in [0.717, 1.165) is 12.3 Å². The van der Waals surface area contributed by atoms with Crippen molar-refractivity contribution in [1.29, 1.82) is 0 Å². The van der Waals surface area contributed by atoms with Gasteiger partial charge in [-0.25, -0.2) is 0 Å². The molecule has 1 atom stereocenters. The van der Waals surface area contributed by atoms with Gasteiger partial charge in [0.1, 0.15) is 6.10 Å². The molecular formula is C8H12N2O. The molecule has 60 valence electrons. The predicted molar refractivity (Wildman–Crippen MR) is 41.4 cm³/mol. The lowest BCUT2D eigenvalue weighted by molar-refractivity contribution is 0.414. The van der Waals surface area contributed by atoms with Crippen molar-refractivity contribution in [2.75, 3.05) is 6.61 Å². The highest BCUT2D eigenvalue weighted by Crippen LogP contribution is 2.33. The van der Waals surface area contributed by atoms with Crippen molar-refractivity contribution < 1.29 is 4.74 Å². The van der Waals surface area contributed by atoms with E-state index in [1.165, 1.54) is 11.3 Å². The summed E-state index contributed by atoms with van der Waals surface area (Å²) in [7, 11) is 1.97. The Morgan fingerprint density at radius 1 is 1.55 bits per heavy atom. The van der Waals surface area contributed by atoms with Crippen molar-refractivity contribution in [3.63, 3.8) is 0 Å². The summed E-state index contributed by atoms with van der Waals surface area (Å²) in [6.45, 7) is 4.98. The van der Waals surface area contributed by atoms with Crippen LogP contribution in [0.15, 0.2) is 0 Å². The maximum atomic E-state index is 5.22. The monoisotopic (exact) mass is 152 g/mol. The van der Waals surface area contributed by atoms with Gasteiger partial charge in [0, 0.05) is 18.3 Å². The highest BCUT2D eigenvalue weighted by Gasteiger charge is 2.30. The Morgan fingerprint density at radius 3 is 2.55 bits per heavy atom. The molecule has 2 rings (SSSR count). The van der Waals surface area contributed by atoms with Crippen LogP contribution in [0.3, 0.4) is 0 Å². The third-order valence-electron chi connectivity index (χ3n) is 2.22. The average Bonchev–Trinajstić information content (AvgIpc) is 2.68. The van der Waals surface area contributed by atoms with Crippen LogP contribution in [0.5, 0.6) is 0 Å². The summed E-state index contributed by atoms with van der Waals surface area (Å²) in [4.78, 5) is 0. The second kappa shape index (κ2) is 2.08. The number of hydrogen-bond donors (Lipinski definition) is 0. The van der Waals surface area contributed by atoms with Crippen LogP contribution in [0, 0.1) is 13.8 Å². The average molecular weight is 152 g/mol. The van der Waals surface area contributed by atoms with Gasteiger partial charge in [-0.3, -0.25) is 4.68 Å². The summed E-state index contributed by atoms with van der Waals surface area (Å²) in [6.07, 6.45) is 0.337. The topological polar surface area (TPSA) is 30.4 Å². The van der Waals surface area contributed by atoms with Crippen LogP contribution in [0.4, 0.5) is 0 Å². The largest absolute Gasteiger partial charge is 0.368 e. The normalized spacial score (nSPS) is 22.3. The minimum atomic E-state index is 0.337. The summed E-state index contributed by atoms with van der Waals surface area (Å²) in [5, 5.41) is 4.31. The van der Waals surface area contributed by atoms with E-state index in [2.05, 4.69) is 12.0 Å². The first-order valence-corrected chi connectivity index (χ1v) is 3.82. The Labute approximate surface area is 66.0 Å². The fourth-order valence-electron chi connectivity index (χ4n) is 1.47. The lowest BCUT2D eigenvalue weighted by Crippen LogP contribution is -1.93. The molecule has 1 aromatic rings. The molecule has 0 spiro atoms. The van der Waals surface area contributed by atoms with Crippen LogP contribution in [-0.4, -0.2) is 16.4 Å². The lowest BCUT2D eigenvalue weighted by Gasteiger charge is -1.94. The van der Waals surface area contributed by atoms with E-state index in [4.69, 9.17) is 4.74 Å². The van der Waals surface area contributed by atoms with Crippen LogP contribution in [0.1, 0.15) is 23.1 Å². The highest BCUT2D eigenvalue weighted by atomic mass is 16.6. The molecule has 1 saturated heterocycles. The Balaban J connectivity index is 2.50. The molecule has 11 heavy (non-hydrogen) atoms. The number of hydrogen-bond acceptors (Lipinski definition) is 2. The molecule has 3 heteroatoms. The van der Waals surface area contributed by atoms with Crippen LogP contribution in [-0.2, 0) is 11.8 Å². The quantitative estimate of drug-likeness (QED) is 0.564. The molecule has 1 fully saturated rings. The summed E-state index contributed by atoms with van der Waals surface area (Å²) >= 11 is 0. The molecule has 0 radical (unpaired) electrons. The van der Waals surface area contributed by atoms with Crippen molar-refractivity contribution >= 4 is 0 Å². The van der Waals surface area contributed by atoms with Gasteiger partial charge in [0.25, 0.3) is 0 Å². The number of aromatic nitrogens is 2. The Kier molecular flexibility index (Phi) is 1.29. The molecule has 1 aromatic heterocycles. The van der Waals surface area contributed by atoms with Crippen molar-refractivity contribution in [3.8, 4) is 0 Å². The van der Waals surface area contributed by atoms with Gasteiger partial charge in [0.2, 0.25) is 0 Å². The van der Waals surface area contributed by atoms with Gasteiger partial charge in [0.05, 0.1) is 12.3 Å². The number of nitrogens with zero attached hydrogens (tertiary/aromatic N) is 2. The number of epoxide rings is 1. The van der Waals surface area contributed by atoms with Crippen molar-refractivity contribution in [1.82, 2.24) is 9.78 Å². The fraction of sp³-hybridized carbons (Fsp3) is 0.625. The molecule has 1 aliphatic rings. The first kappa shape index (κ1) is 6.85. The molecule has 0 aliphatic carbocycles. The fourth-order valence-corrected chi connectivity index (χ4v) is 1.47. The molecule has 1 unspecified atom stereocenters. The minimum Gasteiger partial charge on any atom is -0.368 e. The molecule has 0 bridgehead atoms. The molecule has 2 heterocycles. The summed E-state index contributed by atoms with van der Waals surface area (Å²) in [5.74, 6) is 0. The van der Waals surface area contributed by atoms with E-state index in [9.17, 15) is 0 Å². The van der Waals surface area contributed by atoms with E-state index in [1.54, 1.807) is 0 Å². The van der Waals surface area contributed by atoms with Crippen molar-refractivity contribution in [2.45, 2.75) is 20.0 Å². The van der Waals surface area contributed by atoms with Crippen LogP contribution >= 0.6 is 0 Å². The Bertz CT molecular complexity index is 287. The van der Waals surface area contributed by atoms with E-state index in [0.29, 0.717) is 6.10 Å². The Morgan fingerprint density at radius 2 is 2.18 bits per heavy atom. The molecule has 3 nitrogen and oxygen atoms in total. The smallest absolute Gasteiger partial charge is 0.110 e. The molecule has 0 N–H and O–H groups in total. The first-order valence-electron chi connectivity index (χ1n) is 3.82. The number of ether oxygens (including phenoxy) is 1. The summed E-state index contributed by atoms with van der Waals surface area (Å²) in [6, 6.07) is 0. The molecule has 0 amide bonds. The minimum absolute atomic E-state index is 0.337. The van der Waals surface area contributed by atoms with Gasteiger partial charge < -0.3 is 4.74 Å². The van der Waals surface area contributed by atoms with E-state index < -0.39 is 0 Å². The van der Waals surface area contributed by atoms with Crippen LogP contribution < -0.4 is 0 Å². The van der Waals surface area contributed by atoms with E-state index >= 15 is 0 Å². The molecule has 0 saturated carbocycles. The maximum absolute atomic E-state index is 5.22. The Hall–Kier alpha value is -0.830. The van der Waals surface area contributed by atoms with Gasteiger partial charge in [0.15, 0.2) is 0 Å². The van der Waals surface area contributed by atoms with Gasteiger partial charge >= 0.3 is 0 Å². The van der Waals surface area contributed by atoms with Gasteiger partial charge in [-0.05, 0) is 13.8 Å². The van der Waals surface area contributed by atoms with Gasteiger partial charge in [-0.2, -0.15) is 5.10 Å². The zero-order valence-electron chi connectivity index (χ0n) is 7.09. The molecule has 1 aliphatic heterocycles. The van der Waals surface area contributed by atoms with E-state index in [-0.39, 0.29) is 0 Å².